The number of rotatable bonds is 9. The third-order valence-electron chi connectivity index (χ3n) is 6.88. The number of nitrogens with one attached hydrogen (secondary N) is 1. The van der Waals surface area contributed by atoms with Crippen molar-refractivity contribution in [2.24, 2.45) is 5.92 Å². The number of piperidine rings is 1. The molecule has 0 radical (unpaired) electrons. The topological polar surface area (TPSA) is 87.5 Å². The fourth-order valence-corrected chi connectivity index (χ4v) is 5.85. The summed E-state index contributed by atoms with van der Waals surface area (Å²) in [5.41, 5.74) is 0.0976. The average molecular weight is 472 g/mol. The van der Waals surface area contributed by atoms with E-state index in [9.17, 15) is 14.4 Å². The van der Waals surface area contributed by atoms with Crippen LogP contribution in [-0.4, -0.2) is 62.6 Å². The Labute approximate surface area is 198 Å². The summed E-state index contributed by atoms with van der Waals surface area (Å²) in [5, 5.41) is 9.43. The molecule has 9 heteroatoms. The van der Waals surface area contributed by atoms with E-state index in [-0.39, 0.29) is 23.8 Å². The van der Waals surface area contributed by atoms with E-state index in [1.165, 1.54) is 9.78 Å². The minimum absolute atomic E-state index is 0.0402. The highest BCUT2D eigenvalue weighted by Crippen LogP contribution is 2.37. The van der Waals surface area contributed by atoms with Crippen LogP contribution < -0.4 is 5.32 Å². The molecule has 178 valence electrons. The zero-order valence-corrected chi connectivity index (χ0v) is 20.3. The summed E-state index contributed by atoms with van der Waals surface area (Å²) in [7, 11) is 0. The Morgan fingerprint density at radius 2 is 2.03 bits per heavy atom. The fourth-order valence-electron chi connectivity index (χ4n) is 5.15. The molecule has 2 saturated heterocycles. The number of thiophene rings is 1. The van der Waals surface area contributed by atoms with Gasteiger partial charge < -0.3 is 10.2 Å². The molecule has 2 aromatic rings. The van der Waals surface area contributed by atoms with Crippen molar-refractivity contribution >= 4 is 29.2 Å². The molecule has 4 heterocycles. The third kappa shape index (κ3) is 4.98. The van der Waals surface area contributed by atoms with Crippen molar-refractivity contribution in [1.82, 2.24) is 24.9 Å². The summed E-state index contributed by atoms with van der Waals surface area (Å²) >= 11 is 1.64. The van der Waals surface area contributed by atoms with Gasteiger partial charge in [-0.15, -0.1) is 11.3 Å². The van der Waals surface area contributed by atoms with E-state index in [0.717, 1.165) is 25.0 Å². The van der Waals surface area contributed by atoms with Gasteiger partial charge in [0.2, 0.25) is 5.91 Å². The molecule has 4 amide bonds. The number of hydrogen-bond donors (Lipinski definition) is 1. The SMILES string of the molecule is CCC[C@@]1(C2CCN(C(=O)CCn3ccc(C)n3)CC2)NC(=O)N(CCc2cccs2)C1=O. The van der Waals surface area contributed by atoms with Crippen LogP contribution in [-0.2, 0) is 22.6 Å². The first kappa shape index (κ1) is 23.5. The second-order valence-electron chi connectivity index (χ2n) is 9.06. The highest BCUT2D eigenvalue weighted by atomic mass is 32.1. The highest BCUT2D eigenvalue weighted by Gasteiger charge is 2.55. The molecule has 0 spiro atoms. The molecule has 0 bridgehead atoms. The van der Waals surface area contributed by atoms with Gasteiger partial charge >= 0.3 is 6.03 Å². The Morgan fingerprint density at radius 3 is 2.67 bits per heavy atom. The number of carbonyl (C=O) groups is 3. The van der Waals surface area contributed by atoms with Crippen LogP contribution in [0.25, 0.3) is 0 Å². The lowest BCUT2D eigenvalue weighted by Gasteiger charge is -2.41. The predicted octanol–water partition coefficient (Wildman–Crippen LogP) is 3.22. The maximum absolute atomic E-state index is 13.5. The fraction of sp³-hybridized carbons (Fsp3) is 0.583. The van der Waals surface area contributed by atoms with E-state index in [1.54, 1.807) is 16.0 Å². The zero-order valence-electron chi connectivity index (χ0n) is 19.5. The smallest absolute Gasteiger partial charge is 0.325 e. The predicted molar refractivity (Wildman–Crippen MR) is 127 cm³/mol. The summed E-state index contributed by atoms with van der Waals surface area (Å²) in [4.78, 5) is 43.5. The van der Waals surface area contributed by atoms with Crippen molar-refractivity contribution in [1.29, 1.82) is 0 Å². The van der Waals surface area contributed by atoms with E-state index in [0.29, 0.717) is 45.4 Å². The van der Waals surface area contributed by atoms with Crippen LogP contribution >= 0.6 is 11.3 Å². The molecule has 2 fully saturated rings. The number of aromatic nitrogens is 2. The molecule has 4 rings (SSSR count). The summed E-state index contributed by atoms with van der Waals surface area (Å²) in [6.45, 7) is 6.19. The normalized spacial score (nSPS) is 21.6. The Hall–Kier alpha value is -2.68. The maximum atomic E-state index is 13.5. The highest BCUT2D eigenvalue weighted by molar-refractivity contribution is 7.09. The van der Waals surface area contributed by atoms with Gasteiger partial charge in [0.15, 0.2) is 0 Å². The molecule has 0 aliphatic carbocycles. The second kappa shape index (κ2) is 10.1. The summed E-state index contributed by atoms with van der Waals surface area (Å²) in [6, 6.07) is 5.67. The Kier molecular flexibility index (Phi) is 7.17. The standard InChI is InChI=1S/C24H33N5O3S/c1-3-11-24(22(31)29(23(32)25-24)16-9-20-5-4-17-33-20)19-7-12-27(13-8-19)21(30)10-15-28-14-6-18(2)26-28/h4-6,14,17,19H,3,7-13,15-16H2,1-2H3,(H,25,32)/t24-/m0/s1. The summed E-state index contributed by atoms with van der Waals surface area (Å²) in [5.74, 6) is 0.0636. The largest absolute Gasteiger partial charge is 0.343 e. The Bertz CT molecular complexity index is 980. The van der Waals surface area contributed by atoms with Gasteiger partial charge in [0, 0.05) is 43.7 Å². The monoisotopic (exact) mass is 471 g/mol. The average Bonchev–Trinajstić information content (AvgIpc) is 3.53. The summed E-state index contributed by atoms with van der Waals surface area (Å²) < 4.78 is 1.80. The minimum Gasteiger partial charge on any atom is -0.343 e. The number of urea groups is 1. The van der Waals surface area contributed by atoms with Crippen molar-refractivity contribution in [3.63, 3.8) is 0 Å². The molecule has 2 aliphatic heterocycles. The van der Waals surface area contributed by atoms with Gasteiger partial charge in [-0.1, -0.05) is 19.4 Å². The number of aryl methyl sites for hydroxylation is 2. The quantitative estimate of drug-likeness (QED) is 0.569. The van der Waals surface area contributed by atoms with Crippen LogP contribution in [0.3, 0.4) is 0 Å². The van der Waals surface area contributed by atoms with Gasteiger partial charge in [-0.2, -0.15) is 5.10 Å². The first-order chi connectivity index (χ1) is 15.9. The number of amides is 4. The molecule has 2 aromatic heterocycles. The van der Waals surface area contributed by atoms with Crippen LogP contribution in [0, 0.1) is 12.8 Å². The van der Waals surface area contributed by atoms with Gasteiger partial charge in [-0.05, 0) is 56.0 Å². The van der Waals surface area contributed by atoms with Crippen LogP contribution in [0.15, 0.2) is 29.8 Å². The van der Waals surface area contributed by atoms with E-state index in [1.807, 2.05) is 48.5 Å². The van der Waals surface area contributed by atoms with Crippen molar-refractivity contribution in [3.05, 3.63) is 40.3 Å². The molecule has 2 aliphatic rings. The molecule has 33 heavy (non-hydrogen) atoms. The Balaban J connectivity index is 1.35. The Morgan fingerprint density at radius 1 is 1.24 bits per heavy atom. The van der Waals surface area contributed by atoms with E-state index in [4.69, 9.17) is 0 Å². The number of likely N-dealkylation sites (tertiary alicyclic amines) is 1. The molecule has 0 unspecified atom stereocenters. The number of imide groups is 1. The molecule has 1 N–H and O–H groups in total. The van der Waals surface area contributed by atoms with Crippen LogP contribution in [0.1, 0.15) is 49.6 Å². The lowest BCUT2D eigenvalue weighted by atomic mass is 9.74. The maximum Gasteiger partial charge on any atom is 0.325 e. The number of nitrogens with zero attached hydrogens (tertiary/aromatic N) is 4. The van der Waals surface area contributed by atoms with Crippen molar-refractivity contribution < 1.29 is 14.4 Å². The number of hydrogen-bond acceptors (Lipinski definition) is 5. The van der Waals surface area contributed by atoms with Gasteiger partial charge in [0.25, 0.3) is 5.91 Å². The van der Waals surface area contributed by atoms with Gasteiger partial charge in [-0.3, -0.25) is 19.2 Å². The minimum atomic E-state index is -0.844. The lowest BCUT2D eigenvalue weighted by molar-refractivity contribution is -0.136. The van der Waals surface area contributed by atoms with Crippen molar-refractivity contribution in [2.45, 2.75) is 64.5 Å². The molecular formula is C24H33N5O3S. The van der Waals surface area contributed by atoms with E-state index < -0.39 is 5.54 Å². The van der Waals surface area contributed by atoms with Crippen LogP contribution in [0.4, 0.5) is 4.79 Å². The van der Waals surface area contributed by atoms with E-state index in [2.05, 4.69) is 10.4 Å². The van der Waals surface area contributed by atoms with Gasteiger partial charge in [0.1, 0.15) is 5.54 Å². The molecule has 0 saturated carbocycles. The number of carbonyl (C=O) groups excluding carboxylic acids is 3. The zero-order chi connectivity index (χ0) is 23.4. The van der Waals surface area contributed by atoms with Crippen LogP contribution in [0.5, 0.6) is 0 Å². The third-order valence-corrected chi connectivity index (χ3v) is 7.82. The lowest BCUT2D eigenvalue weighted by Crippen LogP contribution is -2.56. The van der Waals surface area contributed by atoms with Gasteiger partial charge in [0.05, 0.1) is 5.69 Å². The van der Waals surface area contributed by atoms with E-state index >= 15 is 0 Å². The molecule has 8 nitrogen and oxygen atoms in total. The second-order valence-corrected chi connectivity index (χ2v) is 10.1. The first-order valence-corrected chi connectivity index (χ1v) is 12.7. The van der Waals surface area contributed by atoms with Crippen molar-refractivity contribution in [3.8, 4) is 0 Å². The van der Waals surface area contributed by atoms with Gasteiger partial charge in [-0.25, -0.2) is 4.79 Å². The molecular weight excluding hydrogens is 438 g/mol. The first-order valence-electron chi connectivity index (χ1n) is 11.9. The van der Waals surface area contributed by atoms with Crippen molar-refractivity contribution in [2.75, 3.05) is 19.6 Å². The molecule has 0 aromatic carbocycles. The molecule has 1 atom stereocenters. The van der Waals surface area contributed by atoms with Crippen LogP contribution in [0.2, 0.25) is 0 Å². The summed E-state index contributed by atoms with van der Waals surface area (Å²) in [6.07, 6.45) is 5.87.